The van der Waals surface area contributed by atoms with Crippen molar-refractivity contribution < 1.29 is 4.42 Å². The van der Waals surface area contributed by atoms with E-state index in [0.29, 0.717) is 17.7 Å². The largest absolute Gasteiger partial charge is 0.435 e. The van der Waals surface area contributed by atoms with Crippen LogP contribution in [-0.2, 0) is 0 Å². The summed E-state index contributed by atoms with van der Waals surface area (Å²) in [5, 5.41) is 2.19. The summed E-state index contributed by atoms with van der Waals surface area (Å²) in [5.41, 5.74) is 6.47. The van der Waals surface area contributed by atoms with Crippen molar-refractivity contribution in [3.8, 4) is 0 Å². The van der Waals surface area contributed by atoms with Crippen LogP contribution in [0, 0.1) is 12.8 Å². The van der Waals surface area contributed by atoms with E-state index in [2.05, 4.69) is 91.9 Å². The molecule has 148 valence electrons. The molecule has 4 nitrogen and oxygen atoms in total. The van der Waals surface area contributed by atoms with Crippen molar-refractivity contribution in [2.24, 2.45) is 5.92 Å². The van der Waals surface area contributed by atoms with Gasteiger partial charge in [0.15, 0.2) is 5.58 Å². The van der Waals surface area contributed by atoms with Crippen LogP contribution in [0.2, 0.25) is 0 Å². The number of para-hydroxylation sites is 2. The molecule has 1 aliphatic rings. The van der Waals surface area contributed by atoms with E-state index in [-0.39, 0.29) is 6.17 Å². The second-order valence-corrected chi connectivity index (χ2v) is 8.45. The smallest absolute Gasteiger partial charge is 0.227 e. The second-order valence-electron chi connectivity index (χ2n) is 8.45. The molecule has 0 aliphatic carbocycles. The van der Waals surface area contributed by atoms with Crippen LogP contribution in [-0.4, -0.2) is 17.2 Å². The number of furan rings is 1. The third-order valence-electron chi connectivity index (χ3n) is 6.43. The highest BCUT2D eigenvalue weighted by Crippen LogP contribution is 2.49. The Bertz CT molecular complexity index is 1210. The SMILES string of the molecule is Cc1ccc2c(oc3ncccc32)c1N1c2ccccc2N(C(C)C(C)C)[C@@H]1C. The normalized spacial score (nSPS) is 17.5. The molecule has 2 atom stereocenters. The number of anilines is 3. The summed E-state index contributed by atoms with van der Waals surface area (Å²) in [6.45, 7) is 11.4. The fourth-order valence-corrected chi connectivity index (χ4v) is 4.66. The minimum Gasteiger partial charge on any atom is -0.435 e. The van der Waals surface area contributed by atoms with Crippen molar-refractivity contribution in [3.63, 3.8) is 0 Å². The second kappa shape index (κ2) is 6.51. The van der Waals surface area contributed by atoms with Crippen molar-refractivity contribution in [1.29, 1.82) is 0 Å². The third kappa shape index (κ3) is 2.55. The number of fused-ring (bicyclic) bond motifs is 4. The number of pyridine rings is 1. The van der Waals surface area contributed by atoms with E-state index in [1.165, 1.54) is 16.9 Å². The zero-order valence-electron chi connectivity index (χ0n) is 17.7. The first-order valence-corrected chi connectivity index (χ1v) is 10.4. The molecule has 5 rings (SSSR count). The summed E-state index contributed by atoms with van der Waals surface area (Å²) in [4.78, 5) is 9.43. The monoisotopic (exact) mass is 385 g/mol. The Morgan fingerprint density at radius 1 is 0.931 bits per heavy atom. The summed E-state index contributed by atoms with van der Waals surface area (Å²) in [5.74, 6) is 0.553. The first-order valence-electron chi connectivity index (χ1n) is 10.4. The Morgan fingerprint density at radius 3 is 2.45 bits per heavy atom. The molecule has 0 bridgehead atoms. The lowest BCUT2D eigenvalue weighted by molar-refractivity contribution is 0.459. The molecule has 0 saturated carbocycles. The van der Waals surface area contributed by atoms with E-state index in [0.717, 1.165) is 22.0 Å². The van der Waals surface area contributed by atoms with Crippen LogP contribution in [0.3, 0.4) is 0 Å². The molecule has 2 aromatic heterocycles. The van der Waals surface area contributed by atoms with Crippen LogP contribution in [0.1, 0.15) is 33.3 Å². The van der Waals surface area contributed by atoms with Crippen LogP contribution in [0.15, 0.2) is 59.1 Å². The molecule has 0 spiro atoms. The summed E-state index contributed by atoms with van der Waals surface area (Å²) < 4.78 is 6.31. The van der Waals surface area contributed by atoms with E-state index in [1.807, 2.05) is 6.07 Å². The van der Waals surface area contributed by atoms with E-state index in [9.17, 15) is 0 Å². The molecule has 3 heterocycles. The highest BCUT2D eigenvalue weighted by Gasteiger charge is 2.38. The van der Waals surface area contributed by atoms with Crippen molar-refractivity contribution in [2.45, 2.75) is 46.8 Å². The maximum atomic E-state index is 6.31. The Labute approximate surface area is 171 Å². The van der Waals surface area contributed by atoms with Gasteiger partial charge >= 0.3 is 0 Å². The number of rotatable bonds is 3. The fourth-order valence-electron chi connectivity index (χ4n) is 4.66. The lowest BCUT2D eigenvalue weighted by Crippen LogP contribution is -2.45. The third-order valence-corrected chi connectivity index (χ3v) is 6.43. The Hall–Kier alpha value is -3.01. The lowest BCUT2D eigenvalue weighted by atomic mass is 10.0. The first kappa shape index (κ1) is 18.0. The van der Waals surface area contributed by atoms with Gasteiger partial charge in [-0.2, -0.15) is 0 Å². The van der Waals surface area contributed by atoms with Gasteiger partial charge in [-0.3, -0.25) is 0 Å². The van der Waals surface area contributed by atoms with Crippen LogP contribution in [0.25, 0.3) is 22.1 Å². The minimum atomic E-state index is 0.190. The van der Waals surface area contributed by atoms with Gasteiger partial charge in [-0.05, 0) is 56.5 Å². The van der Waals surface area contributed by atoms with Gasteiger partial charge in [0.1, 0.15) is 6.17 Å². The van der Waals surface area contributed by atoms with E-state index >= 15 is 0 Å². The molecule has 0 amide bonds. The minimum absolute atomic E-state index is 0.190. The molecular formula is C25H27N3O. The molecule has 1 unspecified atom stereocenters. The summed E-state index contributed by atoms with van der Waals surface area (Å²) in [6, 6.07) is 17.5. The number of aromatic nitrogens is 1. The van der Waals surface area contributed by atoms with Gasteiger partial charge in [0, 0.05) is 23.0 Å². The van der Waals surface area contributed by atoms with Crippen molar-refractivity contribution in [1.82, 2.24) is 4.98 Å². The van der Waals surface area contributed by atoms with Gasteiger partial charge in [0.2, 0.25) is 5.71 Å². The molecule has 1 aliphatic heterocycles. The van der Waals surface area contributed by atoms with E-state index in [4.69, 9.17) is 4.42 Å². The molecular weight excluding hydrogens is 358 g/mol. The molecule has 0 fully saturated rings. The quantitative estimate of drug-likeness (QED) is 0.396. The van der Waals surface area contributed by atoms with Crippen LogP contribution < -0.4 is 9.80 Å². The summed E-state index contributed by atoms with van der Waals surface area (Å²) >= 11 is 0. The Kier molecular flexibility index (Phi) is 4.05. The van der Waals surface area contributed by atoms with Crippen LogP contribution in [0.4, 0.5) is 17.1 Å². The van der Waals surface area contributed by atoms with Gasteiger partial charge in [-0.25, -0.2) is 4.98 Å². The van der Waals surface area contributed by atoms with E-state index < -0.39 is 0 Å². The van der Waals surface area contributed by atoms with Crippen molar-refractivity contribution >= 4 is 39.1 Å². The molecule has 0 N–H and O–H groups in total. The molecule has 0 radical (unpaired) electrons. The van der Waals surface area contributed by atoms with Gasteiger partial charge in [0.25, 0.3) is 0 Å². The highest BCUT2D eigenvalue weighted by molar-refractivity contribution is 6.09. The fraction of sp³-hybridized carbons (Fsp3) is 0.320. The maximum absolute atomic E-state index is 6.31. The molecule has 4 aromatic rings. The predicted octanol–water partition coefficient (Wildman–Crippen LogP) is 6.64. The maximum Gasteiger partial charge on any atom is 0.227 e. The zero-order valence-corrected chi connectivity index (χ0v) is 17.7. The predicted molar refractivity (Wildman–Crippen MR) is 121 cm³/mol. The van der Waals surface area contributed by atoms with Gasteiger partial charge < -0.3 is 14.2 Å². The number of hydrogen-bond acceptors (Lipinski definition) is 4. The van der Waals surface area contributed by atoms with Crippen molar-refractivity contribution in [3.05, 3.63) is 60.3 Å². The number of aryl methyl sites for hydroxylation is 1. The topological polar surface area (TPSA) is 32.5 Å². The Balaban J connectivity index is 1.77. The Morgan fingerprint density at radius 2 is 1.69 bits per heavy atom. The highest BCUT2D eigenvalue weighted by atomic mass is 16.3. The van der Waals surface area contributed by atoms with Gasteiger partial charge in [0.05, 0.1) is 17.1 Å². The lowest BCUT2D eigenvalue weighted by Gasteiger charge is -2.36. The zero-order chi connectivity index (χ0) is 20.3. The standard InChI is InChI=1S/C25H27N3O/c1-15(2)17(4)27-18(5)28(22-11-7-6-10-21(22)27)23-16(3)12-13-19-20-9-8-14-26-25(20)29-24(19)23/h6-15,17-18H,1-5H3/t17?,18-/m0/s1. The van der Waals surface area contributed by atoms with Crippen molar-refractivity contribution in [2.75, 3.05) is 9.80 Å². The number of hydrogen-bond donors (Lipinski definition) is 0. The summed E-state index contributed by atoms with van der Waals surface area (Å²) in [6.07, 6.45) is 1.98. The van der Waals surface area contributed by atoms with Crippen LogP contribution in [0.5, 0.6) is 0 Å². The number of benzene rings is 2. The molecule has 2 aromatic carbocycles. The summed E-state index contributed by atoms with van der Waals surface area (Å²) in [7, 11) is 0. The molecule has 4 heteroatoms. The van der Waals surface area contributed by atoms with E-state index in [1.54, 1.807) is 6.20 Å². The number of nitrogens with zero attached hydrogens (tertiary/aromatic N) is 3. The molecule has 0 saturated heterocycles. The first-order chi connectivity index (χ1) is 14.0. The molecule has 29 heavy (non-hydrogen) atoms. The van der Waals surface area contributed by atoms with Gasteiger partial charge in [-0.15, -0.1) is 0 Å². The average molecular weight is 386 g/mol. The average Bonchev–Trinajstić information content (AvgIpc) is 3.22. The van der Waals surface area contributed by atoms with Gasteiger partial charge in [-0.1, -0.05) is 38.1 Å². The van der Waals surface area contributed by atoms with Crippen LogP contribution >= 0.6 is 0 Å².